The summed E-state index contributed by atoms with van der Waals surface area (Å²) in [5.74, 6) is 0. The third-order valence-electron chi connectivity index (χ3n) is 4.04. The molecule has 21 heavy (non-hydrogen) atoms. The summed E-state index contributed by atoms with van der Waals surface area (Å²) < 4.78 is 0. The van der Waals surface area contributed by atoms with Gasteiger partial charge >= 0.3 is 0 Å². The Bertz CT molecular complexity index is 774. The second-order valence-corrected chi connectivity index (χ2v) is 5.56. The highest BCUT2D eigenvalue weighted by Gasteiger charge is 2.12. The zero-order valence-corrected chi connectivity index (χ0v) is 12.4. The molecule has 106 valence electrons. The van der Waals surface area contributed by atoms with Crippen molar-refractivity contribution in [3.8, 4) is 0 Å². The van der Waals surface area contributed by atoms with E-state index < -0.39 is 6.10 Å². The minimum absolute atomic E-state index is 0.514. The molecule has 2 aromatic carbocycles. The maximum Gasteiger partial charge on any atom is 0.0836 e. The van der Waals surface area contributed by atoms with E-state index in [0.29, 0.717) is 6.42 Å². The maximum absolute atomic E-state index is 10.6. The van der Waals surface area contributed by atoms with Crippen molar-refractivity contribution in [3.05, 3.63) is 77.0 Å². The standard InChI is InChI=1S/C19H19NO/c1-13-8-9-15(11-14(13)2)12-19(21)17-5-3-7-18-16(17)6-4-10-20-18/h3-11,19,21H,12H2,1-2H3. The van der Waals surface area contributed by atoms with Gasteiger partial charge in [0.1, 0.15) is 0 Å². The molecule has 0 saturated carbocycles. The third-order valence-corrected chi connectivity index (χ3v) is 4.04. The monoisotopic (exact) mass is 277 g/mol. The Labute approximate surface area is 125 Å². The van der Waals surface area contributed by atoms with Crippen LogP contribution in [0.3, 0.4) is 0 Å². The highest BCUT2D eigenvalue weighted by molar-refractivity contribution is 5.82. The summed E-state index contributed by atoms with van der Waals surface area (Å²) in [6.45, 7) is 4.21. The van der Waals surface area contributed by atoms with E-state index in [2.05, 4.69) is 37.0 Å². The van der Waals surface area contributed by atoms with Gasteiger partial charge in [0.15, 0.2) is 0 Å². The second kappa shape index (κ2) is 5.66. The number of aliphatic hydroxyl groups excluding tert-OH is 1. The average molecular weight is 277 g/mol. The number of aliphatic hydroxyl groups is 1. The van der Waals surface area contributed by atoms with Crippen molar-refractivity contribution in [1.82, 2.24) is 4.98 Å². The van der Waals surface area contributed by atoms with Crippen LogP contribution in [-0.4, -0.2) is 10.1 Å². The lowest BCUT2D eigenvalue weighted by Gasteiger charge is -2.14. The molecular formula is C19H19NO. The first-order valence-electron chi connectivity index (χ1n) is 7.23. The number of hydrogen-bond acceptors (Lipinski definition) is 2. The number of hydrogen-bond donors (Lipinski definition) is 1. The number of benzene rings is 2. The van der Waals surface area contributed by atoms with Gasteiger partial charge in [0.2, 0.25) is 0 Å². The lowest BCUT2D eigenvalue weighted by molar-refractivity contribution is 0.180. The van der Waals surface area contributed by atoms with Gasteiger partial charge in [-0.25, -0.2) is 0 Å². The number of aryl methyl sites for hydroxylation is 2. The van der Waals surface area contributed by atoms with Crippen LogP contribution >= 0.6 is 0 Å². The zero-order valence-electron chi connectivity index (χ0n) is 12.4. The lowest BCUT2D eigenvalue weighted by atomic mass is 9.96. The molecule has 1 unspecified atom stereocenters. The predicted molar refractivity (Wildman–Crippen MR) is 86.3 cm³/mol. The highest BCUT2D eigenvalue weighted by atomic mass is 16.3. The van der Waals surface area contributed by atoms with E-state index in [1.807, 2.05) is 30.3 Å². The topological polar surface area (TPSA) is 33.1 Å². The van der Waals surface area contributed by atoms with Gasteiger partial charge in [-0.15, -0.1) is 0 Å². The fraction of sp³-hybridized carbons (Fsp3) is 0.211. The van der Waals surface area contributed by atoms with E-state index in [1.54, 1.807) is 6.20 Å². The van der Waals surface area contributed by atoms with Crippen molar-refractivity contribution in [1.29, 1.82) is 0 Å². The molecule has 2 nitrogen and oxygen atoms in total. The van der Waals surface area contributed by atoms with E-state index in [0.717, 1.165) is 22.0 Å². The van der Waals surface area contributed by atoms with Crippen LogP contribution in [0.15, 0.2) is 54.7 Å². The van der Waals surface area contributed by atoms with E-state index in [1.165, 1.54) is 11.1 Å². The lowest BCUT2D eigenvalue weighted by Crippen LogP contribution is -2.03. The molecule has 2 heteroatoms. The van der Waals surface area contributed by atoms with Gasteiger partial charge in [0, 0.05) is 18.0 Å². The van der Waals surface area contributed by atoms with Crippen LogP contribution in [0.25, 0.3) is 10.9 Å². The number of fused-ring (bicyclic) bond motifs is 1. The molecule has 0 aliphatic carbocycles. The van der Waals surface area contributed by atoms with Crippen LogP contribution in [0.2, 0.25) is 0 Å². The molecule has 0 amide bonds. The molecule has 0 spiro atoms. The number of rotatable bonds is 3. The first-order chi connectivity index (χ1) is 10.1. The summed E-state index contributed by atoms with van der Waals surface area (Å²) >= 11 is 0. The van der Waals surface area contributed by atoms with Crippen LogP contribution in [0.4, 0.5) is 0 Å². The van der Waals surface area contributed by atoms with E-state index in [-0.39, 0.29) is 0 Å². The van der Waals surface area contributed by atoms with Gasteiger partial charge in [-0.05, 0) is 48.2 Å². The zero-order chi connectivity index (χ0) is 14.8. The van der Waals surface area contributed by atoms with E-state index >= 15 is 0 Å². The van der Waals surface area contributed by atoms with Crippen LogP contribution in [0.1, 0.15) is 28.4 Å². The van der Waals surface area contributed by atoms with E-state index in [9.17, 15) is 5.11 Å². The number of aromatic nitrogens is 1. The smallest absolute Gasteiger partial charge is 0.0836 e. The molecule has 1 atom stereocenters. The van der Waals surface area contributed by atoms with Crippen LogP contribution < -0.4 is 0 Å². The Balaban J connectivity index is 1.93. The molecule has 1 aromatic heterocycles. The second-order valence-electron chi connectivity index (χ2n) is 5.56. The molecule has 0 fully saturated rings. The molecule has 3 aromatic rings. The summed E-state index contributed by atoms with van der Waals surface area (Å²) in [6.07, 6.45) is 1.89. The molecule has 0 bridgehead atoms. The average Bonchev–Trinajstić information content (AvgIpc) is 2.50. The number of pyridine rings is 1. The molecule has 0 aliphatic rings. The third kappa shape index (κ3) is 2.81. The maximum atomic E-state index is 10.6. The molecular weight excluding hydrogens is 258 g/mol. The van der Waals surface area contributed by atoms with Gasteiger partial charge in [-0.1, -0.05) is 36.4 Å². The van der Waals surface area contributed by atoms with Gasteiger partial charge in [0.05, 0.1) is 11.6 Å². The van der Waals surface area contributed by atoms with Crippen LogP contribution in [0.5, 0.6) is 0 Å². The fourth-order valence-corrected chi connectivity index (χ4v) is 2.68. The Morgan fingerprint density at radius 1 is 1.00 bits per heavy atom. The normalized spacial score (nSPS) is 12.5. The summed E-state index contributed by atoms with van der Waals surface area (Å²) in [4.78, 5) is 4.35. The van der Waals surface area contributed by atoms with Crippen molar-refractivity contribution in [2.75, 3.05) is 0 Å². The van der Waals surface area contributed by atoms with E-state index in [4.69, 9.17) is 0 Å². The van der Waals surface area contributed by atoms with Crippen molar-refractivity contribution in [2.24, 2.45) is 0 Å². The molecule has 0 radical (unpaired) electrons. The molecule has 3 rings (SSSR count). The SMILES string of the molecule is Cc1ccc(CC(O)c2cccc3ncccc23)cc1C. The molecule has 1 N–H and O–H groups in total. The minimum atomic E-state index is -0.514. The predicted octanol–water partition coefficient (Wildman–Crippen LogP) is 4.13. The van der Waals surface area contributed by atoms with Crippen LogP contribution in [-0.2, 0) is 6.42 Å². The number of nitrogens with zero attached hydrogens (tertiary/aromatic N) is 1. The molecule has 1 heterocycles. The largest absolute Gasteiger partial charge is 0.388 e. The first-order valence-corrected chi connectivity index (χ1v) is 7.23. The van der Waals surface area contributed by atoms with Gasteiger partial charge in [0.25, 0.3) is 0 Å². The molecule has 0 aliphatic heterocycles. The molecule has 0 saturated heterocycles. The van der Waals surface area contributed by atoms with Crippen LogP contribution in [0, 0.1) is 13.8 Å². The summed E-state index contributed by atoms with van der Waals surface area (Å²) in [5.41, 5.74) is 5.57. The fourth-order valence-electron chi connectivity index (χ4n) is 2.68. The van der Waals surface area contributed by atoms with Crippen molar-refractivity contribution in [3.63, 3.8) is 0 Å². The van der Waals surface area contributed by atoms with Crippen molar-refractivity contribution >= 4 is 10.9 Å². The summed E-state index contributed by atoms with van der Waals surface area (Å²) in [6, 6.07) is 16.2. The highest BCUT2D eigenvalue weighted by Crippen LogP contribution is 2.26. The van der Waals surface area contributed by atoms with Crippen molar-refractivity contribution in [2.45, 2.75) is 26.4 Å². The van der Waals surface area contributed by atoms with Gasteiger partial charge in [-0.3, -0.25) is 4.98 Å². The first kappa shape index (κ1) is 13.8. The summed E-state index contributed by atoms with van der Waals surface area (Å²) in [5, 5.41) is 11.6. The Morgan fingerprint density at radius 3 is 2.67 bits per heavy atom. The van der Waals surface area contributed by atoms with Gasteiger partial charge in [-0.2, -0.15) is 0 Å². The minimum Gasteiger partial charge on any atom is -0.388 e. The Kier molecular flexibility index (Phi) is 3.72. The van der Waals surface area contributed by atoms with Gasteiger partial charge < -0.3 is 5.11 Å². The quantitative estimate of drug-likeness (QED) is 0.781. The Hall–Kier alpha value is -2.19. The van der Waals surface area contributed by atoms with Crippen molar-refractivity contribution < 1.29 is 5.11 Å². The Morgan fingerprint density at radius 2 is 1.86 bits per heavy atom. The summed E-state index contributed by atoms with van der Waals surface area (Å²) in [7, 11) is 0.